The van der Waals surface area contributed by atoms with Gasteiger partial charge in [-0.2, -0.15) is 0 Å². The molecule has 1 saturated heterocycles. The Morgan fingerprint density at radius 2 is 1.93 bits per heavy atom. The van der Waals surface area contributed by atoms with Crippen molar-refractivity contribution in [3.05, 3.63) is 69.0 Å². The van der Waals surface area contributed by atoms with Crippen molar-refractivity contribution in [1.29, 1.82) is 0 Å². The molecule has 29 heavy (non-hydrogen) atoms. The van der Waals surface area contributed by atoms with E-state index in [2.05, 4.69) is 21.2 Å². The van der Waals surface area contributed by atoms with Gasteiger partial charge in [0.15, 0.2) is 0 Å². The molecule has 0 bridgehead atoms. The van der Waals surface area contributed by atoms with Gasteiger partial charge in [0, 0.05) is 23.1 Å². The van der Waals surface area contributed by atoms with E-state index < -0.39 is 5.97 Å². The Morgan fingerprint density at radius 3 is 2.59 bits per heavy atom. The van der Waals surface area contributed by atoms with Crippen molar-refractivity contribution in [2.45, 2.75) is 6.42 Å². The van der Waals surface area contributed by atoms with Crippen LogP contribution in [-0.2, 0) is 9.59 Å². The molecular formula is C20H15BrN2O4S2. The standard InChI is InChI=1S/C20H15BrN2O4S2/c21-14-3-1-2-12(10-14)11-16-18(25)23(20(28)29-16)9-8-17(24)22-15-6-4-13(5-7-15)19(26)27/h1-7,10-11H,8-9H2,(H,22,24)(H,26,27). The molecule has 148 valence electrons. The first-order chi connectivity index (χ1) is 13.8. The minimum atomic E-state index is -1.03. The lowest BCUT2D eigenvalue weighted by Gasteiger charge is -2.14. The van der Waals surface area contributed by atoms with E-state index in [9.17, 15) is 14.4 Å². The van der Waals surface area contributed by atoms with Crippen molar-refractivity contribution in [3.8, 4) is 0 Å². The number of halogens is 1. The molecule has 6 nitrogen and oxygen atoms in total. The first kappa shape index (κ1) is 21.2. The number of carboxylic acid groups (broad SMARTS) is 1. The maximum Gasteiger partial charge on any atom is 0.335 e. The summed E-state index contributed by atoms with van der Waals surface area (Å²) in [6, 6.07) is 13.4. The number of hydrogen-bond donors (Lipinski definition) is 2. The van der Waals surface area contributed by atoms with Crippen molar-refractivity contribution in [2.75, 3.05) is 11.9 Å². The molecule has 2 aromatic rings. The fourth-order valence-corrected chi connectivity index (χ4v) is 4.30. The number of nitrogens with one attached hydrogen (secondary N) is 1. The zero-order valence-corrected chi connectivity index (χ0v) is 18.1. The number of thioether (sulfide) groups is 1. The maximum absolute atomic E-state index is 12.6. The zero-order chi connectivity index (χ0) is 21.0. The van der Waals surface area contributed by atoms with Crippen LogP contribution in [0.5, 0.6) is 0 Å². The second-order valence-electron chi connectivity index (χ2n) is 6.07. The molecule has 1 fully saturated rings. The number of nitrogens with zero attached hydrogens (tertiary/aromatic N) is 1. The fraction of sp³-hybridized carbons (Fsp3) is 0.100. The predicted octanol–water partition coefficient (Wildman–Crippen LogP) is 4.38. The molecule has 0 aliphatic carbocycles. The molecule has 0 unspecified atom stereocenters. The van der Waals surface area contributed by atoms with E-state index in [-0.39, 0.29) is 30.3 Å². The van der Waals surface area contributed by atoms with Crippen LogP contribution in [-0.4, -0.2) is 38.7 Å². The first-order valence-electron chi connectivity index (χ1n) is 8.47. The average molecular weight is 491 g/mol. The fourth-order valence-electron chi connectivity index (χ4n) is 2.57. The van der Waals surface area contributed by atoms with Gasteiger partial charge in [0.2, 0.25) is 5.91 Å². The molecule has 0 aromatic heterocycles. The number of carbonyl (C=O) groups is 3. The monoisotopic (exact) mass is 490 g/mol. The van der Waals surface area contributed by atoms with Crippen molar-refractivity contribution in [2.24, 2.45) is 0 Å². The van der Waals surface area contributed by atoms with Gasteiger partial charge < -0.3 is 10.4 Å². The number of thiocarbonyl (C=S) groups is 1. The molecular weight excluding hydrogens is 476 g/mol. The molecule has 1 heterocycles. The third kappa shape index (κ3) is 5.53. The van der Waals surface area contributed by atoms with E-state index in [1.54, 1.807) is 6.08 Å². The van der Waals surface area contributed by atoms with Crippen molar-refractivity contribution in [3.63, 3.8) is 0 Å². The lowest BCUT2D eigenvalue weighted by Crippen LogP contribution is -2.31. The van der Waals surface area contributed by atoms with Gasteiger partial charge in [-0.15, -0.1) is 0 Å². The Hall–Kier alpha value is -2.49. The highest BCUT2D eigenvalue weighted by molar-refractivity contribution is 9.10. The number of carboxylic acids is 1. The number of carbonyl (C=O) groups excluding carboxylic acids is 2. The van der Waals surface area contributed by atoms with E-state index in [0.717, 1.165) is 10.0 Å². The van der Waals surface area contributed by atoms with Crippen LogP contribution < -0.4 is 5.32 Å². The molecule has 9 heteroatoms. The Balaban J connectivity index is 1.58. The number of hydrogen-bond acceptors (Lipinski definition) is 5. The summed E-state index contributed by atoms with van der Waals surface area (Å²) in [5.74, 6) is -1.55. The highest BCUT2D eigenvalue weighted by Gasteiger charge is 2.32. The van der Waals surface area contributed by atoms with Crippen LogP contribution in [0.1, 0.15) is 22.3 Å². The second kappa shape index (κ2) is 9.34. The third-order valence-corrected chi connectivity index (χ3v) is 5.87. The topological polar surface area (TPSA) is 86.7 Å². The molecule has 2 amide bonds. The molecule has 2 N–H and O–H groups in total. The van der Waals surface area contributed by atoms with E-state index in [1.807, 2.05) is 24.3 Å². The lowest BCUT2D eigenvalue weighted by molar-refractivity contribution is -0.122. The summed E-state index contributed by atoms with van der Waals surface area (Å²) in [6.45, 7) is 0.166. The van der Waals surface area contributed by atoms with Crippen LogP contribution in [0.4, 0.5) is 5.69 Å². The van der Waals surface area contributed by atoms with Gasteiger partial charge >= 0.3 is 5.97 Å². The minimum Gasteiger partial charge on any atom is -0.478 e. The Bertz CT molecular complexity index is 1020. The summed E-state index contributed by atoms with van der Waals surface area (Å²) in [5.41, 5.74) is 1.50. The lowest BCUT2D eigenvalue weighted by atomic mass is 10.2. The summed E-state index contributed by atoms with van der Waals surface area (Å²) in [5, 5.41) is 11.6. The molecule has 0 radical (unpaired) electrons. The normalized spacial score (nSPS) is 15.1. The molecule has 1 aliphatic heterocycles. The smallest absolute Gasteiger partial charge is 0.335 e. The highest BCUT2D eigenvalue weighted by atomic mass is 79.9. The van der Waals surface area contributed by atoms with Gasteiger partial charge in [-0.05, 0) is 48.0 Å². The second-order valence-corrected chi connectivity index (χ2v) is 8.66. The van der Waals surface area contributed by atoms with Gasteiger partial charge in [-0.25, -0.2) is 4.79 Å². The van der Waals surface area contributed by atoms with Crippen molar-refractivity contribution >= 4 is 73.8 Å². The number of benzene rings is 2. The van der Waals surface area contributed by atoms with Crippen LogP contribution in [0.25, 0.3) is 6.08 Å². The van der Waals surface area contributed by atoms with Crippen LogP contribution in [0.15, 0.2) is 57.9 Å². The van der Waals surface area contributed by atoms with Gasteiger partial charge in [0.25, 0.3) is 5.91 Å². The molecule has 1 aliphatic rings. The summed E-state index contributed by atoms with van der Waals surface area (Å²) in [4.78, 5) is 37.6. The van der Waals surface area contributed by atoms with Gasteiger partial charge in [0.05, 0.1) is 10.5 Å². The molecule has 0 atom stereocenters. The third-order valence-electron chi connectivity index (χ3n) is 4.00. The van der Waals surface area contributed by atoms with Gasteiger partial charge in [-0.3, -0.25) is 14.5 Å². The summed E-state index contributed by atoms with van der Waals surface area (Å²) >= 11 is 9.89. The minimum absolute atomic E-state index is 0.0668. The summed E-state index contributed by atoms with van der Waals surface area (Å²) in [7, 11) is 0. The maximum atomic E-state index is 12.6. The highest BCUT2D eigenvalue weighted by Crippen LogP contribution is 2.33. The number of aromatic carboxylic acids is 1. The Labute approximate surface area is 185 Å². The molecule has 2 aromatic carbocycles. The molecule has 0 saturated carbocycles. The number of amides is 2. The average Bonchev–Trinajstić information content (AvgIpc) is 2.93. The van der Waals surface area contributed by atoms with Gasteiger partial charge in [-0.1, -0.05) is 52.0 Å². The summed E-state index contributed by atoms with van der Waals surface area (Å²) < 4.78 is 1.32. The van der Waals surface area contributed by atoms with Gasteiger partial charge in [0.1, 0.15) is 4.32 Å². The predicted molar refractivity (Wildman–Crippen MR) is 121 cm³/mol. The quantitative estimate of drug-likeness (QED) is 0.461. The largest absolute Gasteiger partial charge is 0.478 e. The summed E-state index contributed by atoms with van der Waals surface area (Å²) in [6.07, 6.45) is 1.84. The van der Waals surface area contributed by atoms with Crippen LogP contribution in [0.2, 0.25) is 0 Å². The number of rotatable bonds is 6. The van der Waals surface area contributed by atoms with E-state index in [0.29, 0.717) is 14.9 Å². The van der Waals surface area contributed by atoms with E-state index >= 15 is 0 Å². The molecule has 0 spiro atoms. The molecule has 3 rings (SSSR count). The zero-order valence-electron chi connectivity index (χ0n) is 14.9. The van der Waals surface area contributed by atoms with Crippen LogP contribution in [0.3, 0.4) is 0 Å². The van der Waals surface area contributed by atoms with E-state index in [4.69, 9.17) is 17.3 Å². The van der Waals surface area contributed by atoms with Crippen molar-refractivity contribution < 1.29 is 19.5 Å². The van der Waals surface area contributed by atoms with Crippen LogP contribution in [0, 0.1) is 0 Å². The Morgan fingerprint density at radius 1 is 1.21 bits per heavy atom. The SMILES string of the molecule is O=C(CCN1C(=O)C(=Cc2cccc(Br)c2)SC1=S)Nc1ccc(C(=O)O)cc1. The van der Waals surface area contributed by atoms with Crippen molar-refractivity contribution in [1.82, 2.24) is 4.90 Å². The first-order valence-corrected chi connectivity index (χ1v) is 10.5. The Kier molecular flexibility index (Phi) is 6.83. The number of anilines is 1. The van der Waals surface area contributed by atoms with Crippen LogP contribution >= 0.6 is 39.9 Å². The van der Waals surface area contributed by atoms with E-state index in [1.165, 1.54) is 40.9 Å².